The second kappa shape index (κ2) is 11.4. The van der Waals surface area contributed by atoms with Crippen LogP contribution in [0.25, 0.3) is 17.1 Å². The summed E-state index contributed by atoms with van der Waals surface area (Å²) in [6.07, 6.45) is 2.43. The Balaban J connectivity index is 1.81. The largest absolute Gasteiger partial charge is 0.494 e. The van der Waals surface area contributed by atoms with E-state index in [1.54, 1.807) is 36.7 Å². The fourth-order valence-electron chi connectivity index (χ4n) is 4.06. The maximum Gasteiger partial charge on any atom is 0.243 e. The first-order chi connectivity index (χ1) is 18.8. The maximum atomic E-state index is 13.3. The highest BCUT2D eigenvalue weighted by Crippen LogP contribution is 2.38. The molecule has 0 saturated heterocycles. The zero-order valence-corrected chi connectivity index (χ0v) is 24.2. The first-order valence-corrected chi connectivity index (χ1v) is 15.5. The number of para-hydroxylation sites is 1. The van der Waals surface area contributed by atoms with Gasteiger partial charge in [0.2, 0.25) is 16.0 Å². The van der Waals surface area contributed by atoms with E-state index in [-0.39, 0.29) is 27.3 Å². The molecule has 0 aliphatic rings. The number of sulfonamides is 1. The molecule has 12 nitrogen and oxygen atoms in total. The first kappa shape index (κ1) is 29.3. The number of sulfone groups is 1. The molecule has 2 N–H and O–H groups in total. The van der Waals surface area contributed by atoms with Gasteiger partial charge in [-0.3, -0.25) is 14.3 Å². The number of pyridine rings is 1. The summed E-state index contributed by atoms with van der Waals surface area (Å²) < 4.78 is 66.0. The van der Waals surface area contributed by atoms with Crippen LogP contribution in [0.15, 0.2) is 59.8 Å². The van der Waals surface area contributed by atoms with Gasteiger partial charge in [0, 0.05) is 34.8 Å². The number of methoxy groups -OCH3 is 2. The van der Waals surface area contributed by atoms with Crippen LogP contribution in [0.3, 0.4) is 0 Å². The third kappa shape index (κ3) is 6.20. The summed E-state index contributed by atoms with van der Waals surface area (Å²) in [5.41, 5.74) is 1.56. The van der Waals surface area contributed by atoms with Crippen LogP contribution in [0.4, 0.5) is 5.95 Å². The number of benzene rings is 2. The van der Waals surface area contributed by atoms with Crippen molar-refractivity contribution in [2.45, 2.75) is 17.9 Å². The van der Waals surface area contributed by atoms with Gasteiger partial charge in [0.15, 0.2) is 15.7 Å². The van der Waals surface area contributed by atoms with E-state index in [2.05, 4.69) is 19.9 Å². The van der Waals surface area contributed by atoms with Gasteiger partial charge in [0.1, 0.15) is 17.2 Å². The lowest BCUT2D eigenvalue weighted by molar-refractivity contribution is 0.198. The van der Waals surface area contributed by atoms with E-state index in [4.69, 9.17) is 21.1 Å². The second-order valence-electron chi connectivity index (χ2n) is 8.80. The van der Waals surface area contributed by atoms with Crippen LogP contribution in [0.5, 0.6) is 11.5 Å². The lowest BCUT2D eigenvalue weighted by atomic mass is 10.1. The molecule has 1 atom stereocenters. The minimum absolute atomic E-state index is 0.114. The van der Waals surface area contributed by atoms with E-state index in [1.807, 2.05) is 6.92 Å². The third-order valence-electron chi connectivity index (χ3n) is 5.78. The monoisotopic (exact) mass is 607 g/mol. The van der Waals surface area contributed by atoms with Crippen LogP contribution in [-0.2, 0) is 19.9 Å². The quantitative estimate of drug-likeness (QED) is 0.274. The Morgan fingerprint density at radius 1 is 1.02 bits per heavy atom. The van der Waals surface area contributed by atoms with Crippen molar-refractivity contribution in [3.63, 3.8) is 0 Å². The number of nitrogens with one attached hydrogen (secondary N) is 1. The molecule has 2 heterocycles. The van der Waals surface area contributed by atoms with E-state index in [1.165, 1.54) is 30.9 Å². The summed E-state index contributed by atoms with van der Waals surface area (Å²) in [5, 5.41) is 19.2. The molecular weight excluding hydrogens is 582 g/mol. The van der Waals surface area contributed by atoms with Crippen LogP contribution >= 0.6 is 11.6 Å². The number of anilines is 1. The Morgan fingerprint density at radius 2 is 1.70 bits per heavy atom. The Hall–Kier alpha value is -3.72. The lowest BCUT2D eigenvalue weighted by Gasteiger charge is -2.19. The molecule has 1 unspecified atom stereocenters. The Labute approximate surface area is 236 Å². The van der Waals surface area contributed by atoms with Crippen LogP contribution < -0.4 is 14.2 Å². The van der Waals surface area contributed by atoms with Crippen molar-refractivity contribution in [1.82, 2.24) is 19.7 Å². The summed E-state index contributed by atoms with van der Waals surface area (Å²) in [6, 6.07) is 10.6. The number of aryl methyl sites for hydroxylation is 1. The van der Waals surface area contributed by atoms with Crippen molar-refractivity contribution in [3.05, 3.63) is 71.0 Å². The molecule has 4 aromatic rings. The second-order valence-corrected chi connectivity index (χ2v) is 13.0. The lowest BCUT2D eigenvalue weighted by Crippen LogP contribution is -2.24. The van der Waals surface area contributed by atoms with Crippen LogP contribution in [-0.4, -0.2) is 67.9 Å². The van der Waals surface area contributed by atoms with Gasteiger partial charge in [-0.2, -0.15) is 0 Å². The zero-order chi connectivity index (χ0) is 29.2. The summed E-state index contributed by atoms with van der Waals surface area (Å²) >= 11 is 5.94. The molecule has 0 spiro atoms. The van der Waals surface area contributed by atoms with Gasteiger partial charge in [-0.1, -0.05) is 23.7 Å². The van der Waals surface area contributed by atoms with Crippen LogP contribution in [0, 0.1) is 6.92 Å². The van der Waals surface area contributed by atoms with Crippen LogP contribution in [0.2, 0.25) is 5.02 Å². The molecule has 4 rings (SSSR count). The van der Waals surface area contributed by atoms with E-state index >= 15 is 0 Å². The zero-order valence-electron chi connectivity index (χ0n) is 21.9. The smallest absolute Gasteiger partial charge is 0.243 e. The maximum absolute atomic E-state index is 13.3. The number of aromatic nitrogens is 4. The molecular formula is C25H26ClN5O7S2. The normalized spacial score (nSPS) is 12.7. The molecule has 212 valence electrons. The van der Waals surface area contributed by atoms with Crippen molar-refractivity contribution >= 4 is 37.4 Å². The van der Waals surface area contributed by atoms with Gasteiger partial charge in [0.05, 0.1) is 31.0 Å². The number of hydrogen-bond acceptors (Lipinski definition) is 10. The Kier molecular flexibility index (Phi) is 8.35. The van der Waals surface area contributed by atoms with Crippen molar-refractivity contribution < 1.29 is 31.4 Å². The highest BCUT2D eigenvalue weighted by molar-refractivity contribution is 7.92. The summed E-state index contributed by atoms with van der Waals surface area (Å²) in [4.78, 5) is 3.92. The van der Waals surface area contributed by atoms with Crippen LogP contribution in [0.1, 0.15) is 17.2 Å². The molecule has 0 aliphatic heterocycles. The van der Waals surface area contributed by atoms with Gasteiger partial charge >= 0.3 is 0 Å². The molecule has 40 heavy (non-hydrogen) atoms. The average molecular weight is 608 g/mol. The number of aliphatic hydroxyl groups is 1. The van der Waals surface area contributed by atoms with Crippen molar-refractivity contribution in [2.24, 2.45) is 0 Å². The molecule has 2 aromatic carbocycles. The highest BCUT2D eigenvalue weighted by atomic mass is 35.5. The fraction of sp³-hybridized carbons (Fsp3) is 0.240. The van der Waals surface area contributed by atoms with Gasteiger partial charge in [0.25, 0.3) is 0 Å². The number of hydrogen-bond donors (Lipinski definition) is 2. The average Bonchev–Trinajstić information content (AvgIpc) is 3.29. The summed E-state index contributed by atoms with van der Waals surface area (Å²) in [5.74, 6) is -0.227. The van der Waals surface area contributed by atoms with Gasteiger partial charge in [-0.25, -0.2) is 16.8 Å². The number of halogens is 1. The molecule has 0 bridgehead atoms. The SMILES string of the molecule is COc1cccc(OC)c1-n1c(NS(=O)(=O)CC(O)c2ccc(Cl)cc2S(C)(=O)=O)nnc1-c1cncc(C)c1. The first-order valence-electron chi connectivity index (χ1n) is 11.6. The van der Waals surface area contributed by atoms with Gasteiger partial charge < -0.3 is 14.6 Å². The molecule has 0 aliphatic carbocycles. The molecule has 0 fully saturated rings. The molecule has 15 heteroatoms. The Morgan fingerprint density at radius 3 is 2.30 bits per heavy atom. The minimum Gasteiger partial charge on any atom is -0.494 e. The molecule has 0 saturated carbocycles. The molecule has 2 aromatic heterocycles. The third-order valence-corrected chi connectivity index (χ3v) is 8.42. The summed E-state index contributed by atoms with van der Waals surface area (Å²) in [7, 11) is -5.28. The van der Waals surface area contributed by atoms with Gasteiger partial charge in [-0.15, -0.1) is 10.2 Å². The van der Waals surface area contributed by atoms with E-state index in [0.29, 0.717) is 22.7 Å². The number of ether oxygens (including phenoxy) is 2. The fourth-order valence-corrected chi connectivity index (χ4v) is 6.36. The van der Waals surface area contributed by atoms with Crippen molar-refractivity contribution in [1.29, 1.82) is 0 Å². The summed E-state index contributed by atoms with van der Waals surface area (Å²) in [6.45, 7) is 1.84. The Bertz CT molecular complexity index is 1750. The standard InChI is InChI=1S/C25H26ClN5O7S2/c1-15-10-16(13-27-12-15)24-28-29-25(31(24)23-20(37-2)6-5-7-21(23)38-3)30-40(35,36)14-19(32)18-9-8-17(26)11-22(18)39(4,33)34/h5-13,19,32H,14H2,1-4H3,(H,29,30). The topological polar surface area (TPSA) is 163 Å². The predicted molar refractivity (Wildman–Crippen MR) is 149 cm³/mol. The highest BCUT2D eigenvalue weighted by Gasteiger charge is 2.28. The van der Waals surface area contributed by atoms with Crippen molar-refractivity contribution in [2.75, 3.05) is 31.0 Å². The molecule has 0 radical (unpaired) electrons. The van der Waals surface area contributed by atoms with Crippen molar-refractivity contribution in [3.8, 4) is 28.6 Å². The number of nitrogens with zero attached hydrogens (tertiary/aromatic N) is 4. The minimum atomic E-state index is -4.35. The molecule has 0 amide bonds. The predicted octanol–water partition coefficient (Wildman–Crippen LogP) is 3.19. The number of aliphatic hydroxyl groups excluding tert-OH is 1. The van der Waals surface area contributed by atoms with Gasteiger partial charge in [-0.05, 0) is 42.8 Å². The van der Waals surface area contributed by atoms with E-state index < -0.39 is 31.7 Å². The van der Waals surface area contributed by atoms with E-state index in [0.717, 1.165) is 17.9 Å². The van der Waals surface area contributed by atoms with E-state index in [9.17, 15) is 21.9 Å². The number of rotatable bonds is 10.